The van der Waals surface area contributed by atoms with Crippen LogP contribution < -0.4 is 11.1 Å². The van der Waals surface area contributed by atoms with Crippen LogP contribution in [0.2, 0.25) is 0 Å². The molecule has 5 nitrogen and oxygen atoms in total. The van der Waals surface area contributed by atoms with Crippen LogP contribution in [0.1, 0.15) is 29.5 Å². The maximum absolute atomic E-state index is 12.5. The smallest absolute Gasteiger partial charge is 0.227 e. The zero-order valence-electron chi connectivity index (χ0n) is 19.1. The summed E-state index contributed by atoms with van der Waals surface area (Å²) in [5.41, 5.74) is 10.8. The van der Waals surface area contributed by atoms with Crippen LogP contribution in [0.3, 0.4) is 0 Å². The second kappa shape index (κ2) is 11.1. The third-order valence-corrected chi connectivity index (χ3v) is 5.87. The molecule has 5 heteroatoms. The van der Waals surface area contributed by atoms with Gasteiger partial charge in [0.25, 0.3) is 0 Å². The molecule has 0 aromatic heterocycles. The third kappa shape index (κ3) is 6.10. The van der Waals surface area contributed by atoms with Gasteiger partial charge >= 0.3 is 0 Å². The second-order valence-electron chi connectivity index (χ2n) is 8.24. The van der Waals surface area contributed by atoms with Gasteiger partial charge in [-0.15, -0.1) is 0 Å². The lowest BCUT2D eigenvalue weighted by Crippen LogP contribution is -2.37. The number of amides is 2. The van der Waals surface area contributed by atoms with Crippen molar-refractivity contribution in [2.45, 2.75) is 19.8 Å². The molecule has 0 unspecified atom stereocenters. The Morgan fingerprint density at radius 3 is 2.39 bits per heavy atom. The van der Waals surface area contributed by atoms with Crippen LogP contribution in [0.4, 0.5) is 11.4 Å². The number of hydrogen-bond acceptors (Lipinski definition) is 3. The summed E-state index contributed by atoms with van der Waals surface area (Å²) in [4.78, 5) is 24.9. The van der Waals surface area contributed by atoms with Crippen LogP contribution in [0.15, 0.2) is 67.8 Å². The number of carbonyl (C=O) groups excluding carboxylic acids is 2. The Morgan fingerprint density at radius 2 is 1.73 bits per heavy atom. The van der Waals surface area contributed by atoms with Crippen molar-refractivity contribution in [1.29, 1.82) is 0 Å². The van der Waals surface area contributed by atoms with Crippen LogP contribution >= 0.6 is 0 Å². The van der Waals surface area contributed by atoms with Crippen LogP contribution in [-0.2, 0) is 9.59 Å². The molecule has 3 aromatic rings. The van der Waals surface area contributed by atoms with E-state index in [0.717, 1.165) is 34.0 Å². The number of rotatable bonds is 5. The molecule has 0 saturated carbocycles. The van der Waals surface area contributed by atoms with Gasteiger partial charge in [-0.1, -0.05) is 73.3 Å². The van der Waals surface area contributed by atoms with E-state index < -0.39 is 0 Å². The van der Waals surface area contributed by atoms with E-state index in [1.807, 2.05) is 42.5 Å². The first kappa shape index (κ1) is 23.8. The summed E-state index contributed by atoms with van der Waals surface area (Å²) < 4.78 is 0. The predicted octanol–water partition coefficient (Wildman–Crippen LogP) is 5.51. The molecule has 1 fully saturated rings. The van der Waals surface area contributed by atoms with Crippen molar-refractivity contribution < 1.29 is 9.59 Å². The maximum atomic E-state index is 12.5. The number of nitrogens with one attached hydrogen (secondary N) is 1. The fourth-order valence-electron chi connectivity index (χ4n) is 4.00. The summed E-state index contributed by atoms with van der Waals surface area (Å²) in [7, 11) is 0. The monoisotopic (exact) mass is 441 g/mol. The van der Waals surface area contributed by atoms with Crippen LogP contribution in [0.25, 0.3) is 22.9 Å². The molecule has 3 aromatic carbocycles. The van der Waals surface area contributed by atoms with E-state index >= 15 is 0 Å². The Labute approximate surface area is 195 Å². The summed E-state index contributed by atoms with van der Waals surface area (Å²) in [5.74, 6) is -0.0577. The molecule has 0 radical (unpaired) electrons. The Kier molecular flexibility index (Phi) is 8.03. The number of nitrogen functional groups attached to an aromatic ring is 1. The number of likely N-dealkylation sites (tertiary alicyclic amines) is 1. The Hall–Kier alpha value is -3.86. The normalized spacial score (nSPS) is 13.5. The van der Waals surface area contributed by atoms with Gasteiger partial charge in [0, 0.05) is 30.1 Å². The van der Waals surface area contributed by atoms with Crippen molar-refractivity contribution in [2.24, 2.45) is 5.92 Å². The van der Waals surface area contributed by atoms with Gasteiger partial charge in [0.1, 0.15) is 0 Å². The molecular formula is C28H31N3O2. The van der Waals surface area contributed by atoms with E-state index in [1.54, 1.807) is 11.0 Å². The Morgan fingerprint density at radius 1 is 1.03 bits per heavy atom. The van der Waals surface area contributed by atoms with Crippen molar-refractivity contribution in [3.63, 3.8) is 0 Å². The molecule has 0 atom stereocenters. The highest BCUT2D eigenvalue weighted by atomic mass is 16.2. The van der Waals surface area contributed by atoms with Gasteiger partial charge in [0.15, 0.2) is 0 Å². The van der Waals surface area contributed by atoms with Crippen molar-refractivity contribution in [3.8, 4) is 0 Å². The quantitative estimate of drug-likeness (QED) is 0.405. The average molecular weight is 442 g/mol. The molecule has 1 saturated heterocycles. The number of fused-ring (bicyclic) bond motifs is 1. The van der Waals surface area contributed by atoms with Gasteiger partial charge in [0.2, 0.25) is 12.3 Å². The van der Waals surface area contributed by atoms with Crippen LogP contribution in [0, 0.1) is 12.8 Å². The molecule has 1 aliphatic heterocycles. The minimum Gasteiger partial charge on any atom is -0.399 e. The first-order chi connectivity index (χ1) is 15.9. The molecule has 1 aliphatic rings. The van der Waals surface area contributed by atoms with Crippen molar-refractivity contribution >= 4 is 46.6 Å². The third-order valence-electron chi connectivity index (χ3n) is 5.87. The zero-order chi connectivity index (χ0) is 23.8. The van der Waals surface area contributed by atoms with Crippen LogP contribution in [-0.4, -0.2) is 30.3 Å². The first-order valence-electron chi connectivity index (χ1n) is 11.1. The minimum atomic E-state index is -0.0589. The molecule has 4 rings (SSSR count). The maximum Gasteiger partial charge on any atom is 0.227 e. The van der Waals surface area contributed by atoms with Crippen molar-refractivity contribution in [3.05, 3.63) is 84.4 Å². The fraction of sp³-hybridized carbons (Fsp3) is 0.214. The number of nitrogens with two attached hydrogens (primary N) is 1. The van der Waals surface area contributed by atoms with Crippen LogP contribution in [0.5, 0.6) is 0 Å². The molecule has 0 spiro atoms. The van der Waals surface area contributed by atoms with Gasteiger partial charge in [-0.05, 0) is 48.4 Å². The lowest BCUT2D eigenvalue weighted by molar-refractivity contribution is -0.125. The minimum absolute atomic E-state index is 0.00121. The van der Waals surface area contributed by atoms with Gasteiger partial charge in [-0.3, -0.25) is 9.59 Å². The van der Waals surface area contributed by atoms with E-state index in [1.165, 1.54) is 5.56 Å². The van der Waals surface area contributed by atoms with Gasteiger partial charge in [-0.25, -0.2) is 0 Å². The summed E-state index contributed by atoms with van der Waals surface area (Å²) in [5, 5.41) is 4.99. The number of carbonyl (C=O) groups is 2. The van der Waals surface area contributed by atoms with E-state index in [-0.39, 0.29) is 11.8 Å². The molecule has 2 amide bonds. The van der Waals surface area contributed by atoms with E-state index in [2.05, 4.69) is 43.6 Å². The molecule has 0 aliphatic carbocycles. The lowest BCUT2D eigenvalue weighted by atomic mass is 9.96. The highest BCUT2D eigenvalue weighted by Gasteiger charge is 2.24. The Balaban J connectivity index is 0.000000235. The summed E-state index contributed by atoms with van der Waals surface area (Å²) in [6.45, 7) is 10.8. The van der Waals surface area contributed by atoms with Crippen molar-refractivity contribution in [2.75, 3.05) is 24.1 Å². The molecule has 0 bridgehead atoms. The number of nitrogens with zero attached hydrogens (tertiary/aromatic N) is 1. The highest BCUT2D eigenvalue weighted by Crippen LogP contribution is 2.28. The highest BCUT2D eigenvalue weighted by molar-refractivity contribution is 6.04. The lowest BCUT2D eigenvalue weighted by Gasteiger charge is -2.28. The molecule has 1 heterocycles. The van der Waals surface area contributed by atoms with E-state index in [0.29, 0.717) is 31.6 Å². The summed E-state index contributed by atoms with van der Waals surface area (Å²) >= 11 is 0. The number of aryl methyl sites for hydroxylation is 1. The largest absolute Gasteiger partial charge is 0.399 e. The molecule has 170 valence electrons. The van der Waals surface area contributed by atoms with E-state index in [4.69, 9.17) is 5.73 Å². The molecular weight excluding hydrogens is 410 g/mol. The first-order valence-corrected chi connectivity index (χ1v) is 11.1. The molecule has 3 N–H and O–H groups in total. The fourth-order valence-corrected chi connectivity index (χ4v) is 4.00. The number of hydrogen-bond donors (Lipinski definition) is 2. The predicted molar refractivity (Wildman–Crippen MR) is 139 cm³/mol. The average Bonchev–Trinajstić information content (AvgIpc) is 2.84. The molecule has 33 heavy (non-hydrogen) atoms. The topological polar surface area (TPSA) is 75.4 Å². The van der Waals surface area contributed by atoms with Gasteiger partial charge < -0.3 is 16.0 Å². The second-order valence-corrected chi connectivity index (χ2v) is 8.24. The van der Waals surface area contributed by atoms with Gasteiger partial charge in [-0.2, -0.15) is 0 Å². The number of anilines is 2. The zero-order valence-corrected chi connectivity index (χ0v) is 19.1. The standard InChI is InChI=1S/C17H19N3O2.C11H12/c18-14-9-13-3-1-2-4-15(13)16(10-14)19-17(22)12-5-7-20(11-21)8-6-12;1-4-10-7-6-9(3)8-11(10)5-2/h1-4,9-12H,5-8,18H2,(H,19,22);4-8H,1-2H2,3H3. The van der Waals surface area contributed by atoms with Gasteiger partial charge in [0.05, 0.1) is 5.69 Å². The van der Waals surface area contributed by atoms with E-state index in [9.17, 15) is 9.59 Å². The Bertz CT molecular complexity index is 1160. The number of piperidine rings is 1. The summed E-state index contributed by atoms with van der Waals surface area (Å²) in [6.07, 6.45) is 5.94. The summed E-state index contributed by atoms with van der Waals surface area (Å²) in [6, 6.07) is 17.8. The SMILES string of the molecule is C=Cc1ccc(C)cc1C=C.Nc1cc(NC(=O)C2CCN(C=O)CC2)c2ccccc2c1. The number of benzene rings is 3. The van der Waals surface area contributed by atoms with Crippen molar-refractivity contribution in [1.82, 2.24) is 4.90 Å².